The smallest absolute Gasteiger partial charge is 0.223 e. The number of benzene rings is 1. The Kier molecular flexibility index (Phi) is 16.0. The number of aliphatic hydroxyl groups is 1. The fourth-order valence-corrected chi connectivity index (χ4v) is 5.37. The number of rotatable bonds is 18. The third-order valence-corrected chi connectivity index (χ3v) is 8.26. The number of aliphatic hydroxyl groups excluding tert-OH is 1. The molecule has 0 saturated carbocycles. The van der Waals surface area contributed by atoms with Crippen molar-refractivity contribution in [3.05, 3.63) is 23.8 Å². The molecular formula is C32H56N2O7. The van der Waals surface area contributed by atoms with Crippen LogP contribution in [0.25, 0.3) is 0 Å². The minimum Gasteiger partial charge on any atom is -0.493 e. The zero-order valence-corrected chi connectivity index (χ0v) is 26.4. The molecule has 4 N–H and O–H groups in total. The maximum absolute atomic E-state index is 13.3. The van der Waals surface area contributed by atoms with E-state index in [1.807, 2.05) is 26.0 Å². The van der Waals surface area contributed by atoms with Gasteiger partial charge in [0.15, 0.2) is 11.5 Å². The standard InChI is InChI=1S/C32H56N2O7/c1-21(2)24(15-23-9-12-30(39-7)31(16-23)41-14-8-13-37-5)17-28(33)29(35)18-27(22(3)4)32(36)34-25-10-11-26(38-6)20-40-19-25/h9,12,16,21-22,24-29,35H,8,10-11,13-15,17-20,33H2,1-7H3,(H,34,36)/t24-,25+,26+,27-,28-,29-/m0/s1. The van der Waals surface area contributed by atoms with Crippen molar-refractivity contribution in [3.63, 3.8) is 0 Å². The van der Waals surface area contributed by atoms with Gasteiger partial charge in [-0.3, -0.25) is 4.79 Å². The van der Waals surface area contributed by atoms with E-state index < -0.39 is 12.1 Å². The predicted molar refractivity (Wildman–Crippen MR) is 161 cm³/mol. The van der Waals surface area contributed by atoms with Gasteiger partial charge in [0, 0.05) is 39.2 Å². The lowest BCUT2D eigenvalue weighted by Gasteiger charge is -2.30. The molecule has 9 nitrogen and oxygen atoms in total. The summed E-state index contributed by atoms with van der Waals surface area (Å²) in [5.41, 5.74) is 7.72. The Morgan fingerprint density at radius 1 is 1.05 bits per heavy atom. The van der Waals surface area contributed by atoms with Crippen molar-refractivity contribution in [1.29, 1.82) is 0 Å². The fourth-order valence-electron chi connectivity index (χ4n) is 5.37. The molecule has 236 valence electrons. The monoisotopic (exact) mass is 580 g/mol. The zero-order valence-electron chi connectivity index (χ0n) is 26.4. The number of amides is 1. The van der Waals surface area contributed by atoms with Crippen LogP contribution in [0.1, 0.15) is 65.4 Å². The van der Waals surface area contributed by atoms with E-state index in [2.05, 4.69) is 25.2 Å². The Morgan fingerprint density at radius 2 is 1.80 bits per heavy atom. The number of hydrogen-bond acceptors (Lipinski definition) is 8. The van der Waals surface area contributed by atoms with Crippen LogP contribution in [0.2, 0.25) is 0 Å². The minimum atomic E-state index is -0.784. The van der Waals surface area contributed by atoms with Gasteiger partial charge in [-0.05, 0) is 67.6 Å². The van der Waals surface area contributed by atoms with Gasteiger partial charge in [-0.25, -0.2) is 0 Å². The summed E-state index contributed by atoms with van der Waals surface area (Å²) in [6.07, 6.45) is 3.49. The summed E-state index contributed by atoms with van der Waals surface area (Å²) >= 11 is 0. The molecule has 41 heavy (non-hydrogen) atoms. The molecule has 0 bridgehead atoms. The number of nitrogens with one attached hydrogen (secondary N) is 1. The quantitative estimate of drug-likeness (QED) is 0.223. The second kappa shape index (κ2) is 18.6. The third kappa shape index (κ3) is 12.1. The van der Waals surface area contributed by atoms with Crippen molar-refractivity contribution in [2.45, 2.75) is 90.5 Å². The van der Waals surface area contributed by atoms with Crippen LogP contribution in [0, 0.1) is 23.7 Å². The van der Waals surface area contributed by atoms with E-state index in [-0.39, 0.29) is 35.8 Å². The molecule has 0 radical (unpaired) electrons. The van der Waals surface area contributed by atoms with Crippen molar-refractivity contribution in [2.75, 3.05) is 47.8 Å². The van der Waals surface area contributed by atoms with Crippen LogP contribution in [-0.2, 0) is 25.4 Å². The summed E-state index contributed by atoms with van der Waals surface area (Å²) in [7, 11) is 5.00. The molecule has 9 heteroatoms. The largest absolute Gasteiger partial charge is 0.493 e. The molecule has 0 aromatic heterocycles. The van der Waals surface area contributed by atoms with E-state index in [4.69, 9.17) is 29.4 Å². The highest BCUT2D eigenvalue weighted by atomic mass is 16.5. The Labute approximate surface area is 247 Å². The highest BCUT2D eigenvalue weighted by molar-refractivity contribution is 5.79. The van der Waals surface area contributed by atoms with Crippen molar-refractivity contribution < 1.29 is 33.6 Å². The van der Waals surface area contributed by atoms with Crippen LogP contribution in [-0.4, -0.2) is 83.1 Å². The Hall–Kier alpha value is -1.91. The molecule has 1 aromatic rings. The summed E-state index contributed by atoms with van der Waals surface area (Å²) in [6.45, 7) is 10.6. The van der Waals surface area contributed by atoms with Gasteiger partial charge in [0.2, 0.25) is 5.91 Å². The van der Waals surface area contributed by atoms with E-state index >= 15 is 0 Å². The molecule has 0 spiro atoms. The summed E-state index contributed by atoms with van der Waals surface area (Å²) in [5, 5.41) is 14.3. The molecule has 1 aliphatic heterocycles. The summed E-state index contributed by atoms with van der Waals surface area (Å²) < 4.78 is 27.7. The zero-order chi connectivity index (χ0) is 30.4. The second-order valence-electron chi connectivity index (χ2n) is 12.1. The van der Waals surface area contributed by atoms with Gasteiger partial charge in [-0.1, -0.05) is 33.8 Å². The van der Waals surface area contributed by atoms with E-state index in [9.17, 15) is 9.90 Å². The molecule has 1 aliphatic rings. The summed E-state index contributed by atoms with van der Waals surface area (Å²) in [6, 6.07) is 5.53. The molecular weight excluding hydrogens is 524 g/mol. The lowest BCUT2D eigenvalue weighted by atomic mass is 9.80. The van der Waals surface area contributed by atoms with Gasteiger partial charge >= 0.3 is 0 Å². The maximum Gasteiger partial charge on any atom is 0.223 e. The number of nitrogens with two attached hydrogens (primary N) is 1. The average Bonchev–Trinajstić information content (AvgIpc) is 3.18. The molecule has 0 unspecified atom stereocenters. The van der Waals surface area contributed by atoms with Crippen LogP contribution < -0.4 is 20.5 Å². The van der Waals surface area contributed by atoms with Crippen molar-refractivity contribution >= 4 is 5.91 Å². The molecule has 0 aliphatic carbocycles. The van der Waals surface area contributed by atoms with Crippen LogP contribution in [0.4, 0.5) is 0 Å². The Bertz CT molecular complexity index is 882. The molecule has 1 amide bonds. The summed E-state index contributed by atoms with van der Waals surface area (Å²) in [4.78, 5) is 13.3. The maximum atomic E-state index is 13.3. The molecule has 2 rings (SSSR count). The van der Waals surface area contributed by atoms with Crippen molar-refractivity contribution in [1.82, 2.24) is 5.32 Å². The first kappa shape index (κ1) is 35.3. The van der Waals surface area contributed by atoms with Crippen LogP contribution in [0.5, 0.6) is 11.5 Å². The van der Waals surface area contributed by atoms with E-state index in [0.29, 0.717) is 50.9 Å². The number of carbonyl (C=O) groups excluding carboxylic acids is 1. The Balaban J connectivity index is 1.99. The molecule has 1 fully saturated rings. The number of ether oxygens (including phenoxy) is 5. The summed E-state index contributed by atoms with van der Waals surface area (Å²) in [5.74, 6) is 1.70. The van der Waals surface area contributed by atoms with Gasteiger partial charge in [0.1, 0.15) is 0 Å². The normalized spacial score (nSPS) is 20.8. The number of hydrogen-bond donors (Lipinski definition) is 3. The fraction of sp³-hybridized carbons (Fsp3) is 0.781. The third-order valence-electron chi connectivity index (χ3n) is 8.26. The van der Waals surface area contributed by atoms with Crippen molar-refractivity contribution in [2.24, 2.45) is 29.4 Å². The SMILES string of the molecule is COCCCOc1cc(C[C@@H](C[C@H](N)[C@@H](O)C[C@H](C(=O)N[C@@H]2CC[C@@H](OC)COC2)C(C)C)C(C)C)ccc1OC. The van der Waals surface area contributed by atoms with Gasteiger partial charge < -0.3 is 39.8 Å². The molecule has 1 heterocycles. The molecule has 6 atom stereocenters. The predicted octanol–water partition coefficient (Wildman–Crippen LogP) is 3.98. The van der Waals surface area contributed by atoms with Crippen LogP contribution >= 0.6 is 0 Å². The highest BCUT2D eigenvalue weighted by Crippen LogP contribution is 2.32. The van der Waals surface area contributed by atoms with Gasteiger partial charge in [-0.2, -0.15) is 0 Å². The van der Waals surface area contributed by atoms with E-state index in [1.54, 1.807) is 21.3 Å². The van der Waals surface area contributed by atoms with Gasteiger partial charge in [0.05, 0.1) is 45.2 Å². The highest BCUT2D eigenvalue weighted by Gasteiger charge is 2.31. The molecule has 1 saturated heterocycles. The lowest BCUT2D eigenvalue weighted by molar-refractivity contribution is -0.128. The average molecular weight is 581 g/mol. The first-order valence-electron chi connectivity index (χ1n) is 15.2. The second-order valence-corrected chi connectivity index (χ2v) is 12.1. The number of methoxy groups -OCH3 is 3. The topological polar surface area (TPSA) is 122 Å². The Morgan fingerprint density at radius 3 is 2.44 bits per heavy atom. The van der Waals surface area contributed by atoms with Crippen molar-refractivity contribution in [3.8, 4) is 11.5 Å². The minimum absolute atomic E-state index is 0.0487. The van der Waals surface area contributed by atoms with E-state index in [0.717, 1.165) is 37.0 Å². The van der Waals surface area contributed by atoms with E-state index in [1.165, 1.54) is 0 Å². The van der Waals surface area contributed by atoms with Gasteiger partial charge in [-0.15, -0.1) is 0 Å². The molecule has 1 aromatic carbocycles. The van der Waals surface area contributed by atoms with Crippen LogP contribution in [0.15, 0.2) is 18.2 Å². The van der Waals surface area contributed by atoms with Gasteiger partial charge in [0.25, 0.3) is 0 Å². The lowest BCUT2D eigenvalue weighted by Crippen LogP contribution is -2.46. The van der Waals surface area contributed by atoms with Crippen LogP contribution in [0.3, 0.4) is 0 Å². The first-order chi connectivity index (χ1) is 19.6. The number of carbonyl (C=O) groups is 1. The first-order valence-corrected chi connectivity index (χ1v) is 15.2.